The van der Waals surface area contributed by atoms with E-state index in [1.54, 1.807) is 10.5 Å². The number of nitrogens with one attached hydrogen (secondary N) is 1. The standard InChI is InChI=1S/C22H24N4O3S2/c1-15-11-16(2)13-26(12-15)31(28,29)18-8-6-17(7-9-18)21(27)25-22-24-20(14-30-22)19-5-3-4-10-23-19/h3-10,14-16H,11-13H2,1-2H3,(H,24,25,27). The van der Waals surface area contributed by atoms with E-state index in [9.17, 15) is 13.2 Å². The molecule has 1 amide bonds. The zero-order valence-electron chi connectivity index (χ0n) is 17.4. The molecule has 0 saturated carbocycles. The number of benzene rings is 1. The summed E-state index contributed by atoms with van der Waals surface area (Å²) in [5.74, 6) is 0.321. The molecule has 1 aliphatic heterocycles. The lowest BCUT2D eigenvalue weighted by molar-refractivity contribution is 0.102. The molecule has 2 atom stereocenters. The number of aromatic nitrogens is 2. The van der Waals surface area contributed by atoms with Crippen LogP contribution in [0.4, 0.5) is 5.13 Å². The highest BCUT2D eigenvalue weighted by molar-refractivity contribution is 7.89. The van der Waals surface area contributed by atoms with Gasteiger partial charge in [0.25, 0.3) is 5.91 Å². The molecular weight excluding hydrogens is 432 g/mol. The first-order valence-electron chi connectivity index (χ1n) is 10.1. The smallest absolute Gasteiger partial charge is 0.257 e. The SMILES string of the molecule is CC1CC(C)CN(S(=O)(=O)c2ccc(C(=O)Nc3nc(-c4ccccn4)cs3)cc2)C1. The minimum Gasteiger partial charge on any atom is -0.298 e. The number of hydrogen-bond donors (Lipinski definition) is 1. The van der Waals surface area contributed by atoms with E-state index in [0.717, 1.165) is 12.1 Å². The monoisotopic (exact) mass is 456 g/mol. The van der Waals surface area contributed by atoms with Gasteiger partial charge in [-0.1, -0.05) is 19.9 Å². The maximum atomic E-state index is 13.0. The average molecular weight is 457 g/mol. The lowest BCUT2D eigenvalue weighted by Gasteiger charge is -2.34. The van der Waals surface area contributed by atoms with Crippen LogP contribution in [0.1, 0.15) is 30.6 Å². The van der Waals surface area contributed by atoms with Gasteiger partial charge < -0.3 is 0 Å². The molecule has 7 nitrogen and oxygen atoms in total. The van der Waals surface area contributed by atoms with Crippen molar-refractivity contribution in [2.75, 3.05) is 18.4 Å². The number of sulfonamides is 1. The van der Waals surface area contributed by atoms with Crippen LogP contribution in [0, 0.1) is 11.8 Å². The van der Waals surface area contributed by atoms with Crippen molar-refractivity contribution < 1.29 is 13.2 Å². The Morgan fingerprint density at radius 1 is 1.06 bits per heavy atom. The van der Waals surface area contributed by atoms with Crippen LogP contribution in [0.15, 0.2) is 58.9 Å². The van der Waals surface area contributed by atoms with Gasteiger partial charge in [-0.05, 0) is 54.7 Å². The Kier molecular flexibility index (Phi) is 6.17. The Balaban J connectivity index is 1.45. The van der Waals surface area contributed by atoms with E-state index in [1.807, 2.05) is 23.6 Å². The summed E-state index contributed by atoms with van der Waals surface area (Å²) in [5.41, 5.74) is 1.79. The largest absolute Gasteiger partial charge is 0.298 e. The third kappa shape index (κ3) is 4.84. The number of nitrogens with zero attached hydrogens (tertiary/aromatic N) is 3. The summed E-state index contributed by atoms with van der Waals surface area (Å²) in [7, 11) is -3.57. The Bertz CT molecular complexity index is 1150. The van der Waals surface area contributed by atoms with Gasteiger partial charge in [0.1, 0.15) is 5.69 Å². The molecule has 0 aliphatic carbocycles. The second-order valence-electron chi connectivity index (χ2n) is 8.00. The molecule has 1 aromatic carbocycles. The van der Waals surface area contributed by atoms with Crippen LogP contribution in [0.2, 0.25) is 0 Å². The molecular formula is C22H24N4O3S2. The van der Waals surface area contributed by atoms with Crippen LogP contribution < -0.4 is 5.32 Å². The van der Waals surface area contributed by atoms with E-state index in [-0.39, 0.29) is 10.8 Å². The summed E-state index contributed by atoms with van der Waals surface area (Å²) >= 11 is 1.31. The van der Waals surface area contributed by atoms with E-state index in [2.05, 4.69) is 29.1 Å². The third-order valence-corrected chi connectivity index (χ3v) is 7.85. The summed E-state index contributed by atoms with van der Waals surface area (Å²) in [4.78, 5) is 21.4. The van der Waals surface area contributed by atoms with Gasteiger partial charge in [-0.3, -0.25) is 15.1 Å². The maximum absolute atomic E-state index is 13.0. The molecule has 0 radical (unpaired) electrons. The van der Waals surface area contributed by atoms with Crippen LogP contribution in [-0.4, -0.2) is 41.7 Å². The van der Waals surface area contributed by atoms with Crippen molar-refractivity contribution in [2.24, 2.45) is 11.8 Å². The van der Waals surface area contributed by atoms with Gasteiger partial charge in [0, 0.05) is 30.2 Å². The van der Waals surface area contributed by atoms with E-state index in [4.69, 9.17) is 0 Å². The van der Waals surface area contributed by atoms with Crippen molar-refractivity contribution in [3.63, 3.8) is 0 Å². The fraction of sp³-hybridized carbons (Fsp3) is 0.318. The normalized spacial score (nSPS) is 19.8. The van der Waals surface area contributed by atoms with Gasteiger partial charge in [-0.25, -0.2) is 13.4 Å². The van der Waals surface area contributed by atoms with Crippen LogP contribution in [0.5, 0.6) is 0 Å². The molecule has 9 heteroatoms. The first-order chi connectivity index (χ1) is 14.8. The summed E-state index contributed by atoms with van der Waals surface area (Å²) in [6.07, 6.45) is 2.72. The second-order valence-corrected chi connectivity index (χ2v) is 10.8. The van der Waals surface area contributed by atoms with E-state index >= 15 is 0 Å². The number of amides is 1. The number of carbonyl (C=O) groups is 1. The minimum absolute atomic E-state index is 0.206. The van der Waals surface area contributed by atoms with E-state index in [1.165, 1.54) is 35.6 Å². The van der Waals surface area contributed by atoms with Gasteiger partial charge in [0.15, 0.2) is 5.13 Å². The molecule has 0 bridgehead atoms. The number of hydrogen-bond acceptors (Lipinski definition) is 6. The molecule has 2 aromatic heterocycles. The van der Waals surface area contributed by atoms with Gasteiger partial charge in [0.05, 0.1) is 10.6 Å². The molecule has 2 unspecified atom stereocenters. The fourth-order valence-corrected chi connectivity index (χ4v) is 6.24. The van der Waals surface area contributed by atoms with Crippen molar-refractivity contribution >= 4 is 32.4 Å². The van der Waals surface area contributed by atoms with Crippen molar-refractivity contribution in [1.29, 1.82) is 0 Å². The fourth-order valence-electron chi connectivity index (χ4n) is 3.86. The summed E-state index contributed by atoms with van der Waals surface area (Å²) in [6.45, 7) is 5.20. The molecule has 1 aliphatic rings. The van der Waals surface area contributed by atoms with Gasteiger partial charge >= 0.3 is 0 Å². The van der Waals surface area contributed by atoms with Crippen molar-refractivity contribution in [3.05, 3.63) is 59.6 Å². The maximum Gasteiger partial charge on any atom is 0.257 e. The molecule has 1 N–H and O–H groups in total. The molecule has 0 spiro atoms. The van der Waals surface area contributed by atoms with Crippen LogP contribution >= 0.6 is 11.3 Å². The van der Waals surface area contributed by atoms with Gasteiger partial charge in [-0.2, -0.15) is 4.31 Å². The zero-order valence-corrected chi connectivity index (χ0v) is 19.0. The van der Waals surface area contributed by atoms with Crippen molar-refractivity contribution in [2.45, 2.75) is 25.2 Å². The highest BCUT2D eigenvalue weighted by Crippen LogP contribution is 2.27. The third-order valence-electron chi connectivity index (χ3n) is 5.24. The lowest BCUT2D eigenvalue weighted by atomic mass is 9.94. The number of anilines is 1. The van der Waals surface area contributed by atoms with Crippen LogP contribution in [0.3, 0.4) is 0 Å². The Morgan fingerprint density at radius 3 is 2.42 bits per heavy atom. The Hall–Kier alpha value is -2.62. The molecule has 162 valence electrons. The highest BCUT2D eigenvalue weighted by Gasteiger charge is 2.31. The average Bonchev–Trinajstić information content (AvgIpc) is 3.22. The number of thiazole rings is 1. The van der Waals surface area contributed by atoms with Crippen LogP contribution in [0.25, 0.3) is 11.4 Å². The number of rotatable bonds is 5. The highest BCUT2D eigenvalue weighted by atomic mass is 32.2. The van der Waals surface area contributed by atoms with E-state index in [0.29, 0.717) is 41.3 Å². The Morgan fingerprint density at radius 2 is 1.77 bits per heavy atom. The van der Waals surface area contributed by atoms with E-state index < -0.39 is 10.0 Å². The summed E-state index contributed by atoms with van der Waals surface area (Å²) in [5, 5.41) is 5.05. The predicted molar refractivity (Wildman–Crippen MR) is 121 cm³/mol. The number of carbonyl (C=O) groups excluding carboxylic acids is 1. The lowest BCUT2D eigenvalue weighted by Crippen LogP contribution is -2.42. The zero-order chi connectivity index (χ0) is 22.0. The Labute approximate surface area is 186 Å². The number of pyridine rings is 1. The molecule has 3 aromatic rings. The van der Waals surface area contributed by atoms with Crippen molar-refractivity contribution in [3.8, 4) is 11.4 Å². The molecule has 1 saturated heterocycles. The second kappa shape index (κ2) is 8.86. The first kappa shape index (κ1) is 21.6. The topological polar surface area (TPSA) is 92.3 Å². The minimum atomic E-state index is -3.57. The number of piperidine rings is 1. The van der Waals surface area contributed by atoms with Gasteiger partial charge in [-0.15, -0.1) is 11.3 Å². The predicted octanol–water partition coefficient (Wildman–Crippen LogP) is 4.12. The van der Waals surface area contributed by atoms with Crippen molar-refractivity contribution in [1.82, 2.24) is 14.3 Å². The molecule has 3 heterocycles. The van der Waals surface area contributed by atoms with Gasteiger partial charge in [0.2, 0.25) is 10.0 Å². The van der Waals surface area contributed by atoms with Crippen LogP contribution in [-0.2, 0) is 10.0 Å². The summed E-state index contributed by atoms with van der Waals surface area (Å²) in [6, 6.07) is 11.6. The quantitative estimate of drug-likeness (QED) is 0.623. The molecule has 1 fully saturated rings. The first-order valence-corrected chi connectivity index (χ1v) is 12.4. The molecule has 31 heavy (non-hydrogen) atoms. The molecule has 4 rings (SSSR count). The summed E-state index contributed by atoms with van der Waals surface area (Å²) < 4.78 is 27.5.